The molecule has 2 N–H and O–H groups in total. The number of hydrogen-bond acceptors (Lipinski definition) is 4. The van der Waals surface area contributed by atoms with E-state index in [0.29, 0.717) is 5.75 Å². The Labute approximate surface area is 94.5 Å². The molecule has 1 aromatic rings. The van der Waals surface area contributed by atoms with Gasteiger partial charge in [0.15, 0.2) is 0 Å². The van der Waals surface area contributed by atoms with Gasteiger partial charge in [-0.1, -0.05) is 18.2 Å². The SMILES string of the molecule is CC(O)(CCO)CC(=O)Oc1ccccc1. The van der Waals surface area contributed by atoms with E-state index in [0.717, 1.165) is 0 Å². The van der Waals surface area contributed by atoms with Crippen molar-refractivity contribution in [3.05, 3.63) is 30.3 Å². The highest BCUT2D eigenvalue weighted by molar-refractivity contribution is 5.73. The van der Waals surface area contributed by atoms with Gasteiger partial charge in [-0.25, -0.2) is 0 Å². The number of carbonyl (C=O) groups excluding carboxylic acids is 1. The summed E-state index contributed by atoms with van der Waals surface area (Å²) >= 11 is 0. The maximum Gasteiger partial charge on any atom is 0.314 e. The molecule has 0 saturated heterocycles. The van der Waals surface area contributed by atoms with Gasteiger partial charge in [0.05, 0.1) is 12.0 Å². The molecule has 1 unspecified atom stereocenters. The van der Waals surface area contributed by atoms with Gasteiger partial charge in [0, 0.05) is 6.61 Å². The zero-order valence-corrected chi connectivity index (χ0v) is 9.22. The van der Waals surface area contributed by atoms with Crippen molar-refractivity contribution in [2.75, 3.05) is 6.61 Å². The largest absolute Gasteiger partial charge is 0.426 e. The number of aliphatic hydroxyl groups is 2. The highest BCUT2D eigenvalue weighted by atomic mass is 16.5. The second-order valence-electron chi connectivity index (χ2n) is 3.93. The molecule has 0 radical (unpaired) electrons. The summed E-state index contributed by atoms with van der Waals surface area (Å²) in [6.07, 6.45) is 0.0132. The van der Waals surface area contributed by atoms with Crippen LogP contribution in [0.4, 0.5) is 0 Å². The van der Waals surface area contributed by atoms with Crippen LogP contribution in [0.1, 0.15) is 19.8 Å². The number of esters is 1. The molecule has 0 aliphatic heterocycles. The minimum absolute atomic E-state index is 0.136. The van der Waals surface area contributed by atoms with Gasteiger partial charge in [0.2, 0.25) is 0 Å². The van der Waals surface area contributed by atoms with Crippen molar-refractivity contribution in [3.63, 3.8) is 0 Å². The first kappa shape index (κ1) is 12.7. The first-order valence-electron chi connectivity index (χ1n) is 5.12. The average Bonchev–Trinajstić information content (AvgIpc) is 2.17. The summed E-state index contributed by atoms with van der Waals surface area (Å²) < 4.78 is 5.02. The molecule has 0 aromatic heterocycles. The molecule has 0 saturated carbocycles. The average molecular weight is 224 g/mol. The molecule has 1 rings (SSSR count). The first-order valence-corrected chi connectivity index (χ1v) is 5.12. The fraction of sp³-hybridized carbons (Fsp3) is 0.417. The molecule has 0 aliphatic rings. The van der Waals surface area contributed by atoms with E-state index in [2.05, 4.69) is 0 Å². The number of aliphatic hydroxyl groups excluding tert-OH is 1. The lowest BCUT2D eigenvalue weighted by molar-refractivity contribution is -0.139. The van der Waals surface area contributed by atoms with Crippen molar-refractivity contribution >= 4 is 5.97 Å². The van der Waals surface area contributed by atoms with Crippen LogP contribution in [0.2, 0.25) is 0 Å². The monoisotopic (exact) mass is 224 g/mol. The molecule has 4 nitrogen and oxygen atoms in total. The number of hydrogen-bond donors (Lipinski definition) is 2. The summed E-state index contributed by atoms with van der Waals surface area (Å²) in [5.74, 6) is -0.0584. The van der Waals surface area contributed by atoms with Gasteiger partial charge in [-0.2, -0.15) is 0 Å². The molecule has 88 valence electrons. The summed E-state index contributed by atoms with van der Waals surface area (Å²) in [6.45, 7) is 1.33. The number of ether oxygens (including phenoxy) is 1. The van der Waals surface area contributed by atoms with E-state index in [-0.39, 0.29) is 19.4 Å². The van der Waals surface area contributed by atoms with Gasteiger partial charge in [-0.15, -0.1) is 0 Å². The standard InChI is InChI=1S/C12H16O4/c1-12(15,7-8-13)9-11(14)16-10-5-3-2-4-6-10/h2-6,13,15H,7-9H2,1H3. The van der Waals surface area contributed by atoms with Crippen LogP contribution in [0.25, 0.3) is 0 Å². The minimum atomic E-state index is -1.22. The molecule has 1 aromatic carbocycles. The third-order valence-electron chi connectivity index (χ3n) is 2.15. The number of para-hydroxylation sites is 1. The van der Waals surface area contributed by atoms with Gasteiger partial charge in [-0.05, 0) is 25.5 Å². The van der Waals surface area contributed by atoms with Gasteiger partial charge in [0.25, 0.3) is 0 Å². The minimum Gasteiger partial charge on any atom is -0.426 e. The highest BCUT2D eigenvalue weighted by Gasteiger charge is 2.24. The topological polar surface area (TPSA) is 66.8 Å². The van der Waals surface area contributed by atoms with Crippen molar-refractivity contribution in [1.29, 1.82) is 0 Å². The van der Waals surface area contributed by atoms with Crippen LogP contribution in [-0.4, -0.2) is 28.4 Å². The first-order chi connectivity index (χ1) is 7.53. The molecule has 4 heteroatoms. The molecule has 0 aliphatic carbocycles. The van der Waals surface area contributed by atoms with Crippen molar-refractivity contribution < 1.29 is 19.7 Å². The van der Waals surface area contributed by atoms with Crippen LogP contribution in [0.15, 0.2) is 30.3 Å². The lowest BCUT2D eigenvalue weighted by Crippen LogP contribution is -2.30. The van der Waals surface area contributed by atoms with E-state index < -0.39 is 11.6 Å². The van der Waals surface area contributed by atoms with Crippen LogP contribution >= 0.6 is 0 Å². The molecule has 0 amide bonds. The van der Waals surface area contributed by atoms with E-state index in [4.69, 9.17) is 9.84 Å². The Bertz CT molecular complexity index is 332. The maximum absolute atomic E-state index is 11.4. The molecule has 0 heterocycles. The Balaban J connectivity index is 2.48. The quantitative estimate of drug-likeness (QED) is 0.581. The summed E-state index contributed by atoms with van der Waals surface area (Å²) in [5, 5.41) is 18.4. The van der Waals surface area contributed by atoms with E-state index in [9.17, 15) is 9.90 Å². The fourth-order valence-corrected chi connectivity index (χ4v) is 1.30. The van der Waals surface area contributed by atoms with Crippen LogP contribution in [0.5, 0.6) is 5.75 Å². The zero-order chi connectivity index (χ0) is 12.0. The van der Waals surface area contributed by atoms with Crippen molar-refractivity contribution in [2.24, 2.45) is 0 Å². The molecule has 0 bridgehead atoms. The second kappa shape index (κ2) is 5.63. The Morgan fingerprint density at radius 1 is 1.38 bits per heavy atom. The van der Waals surface area contributed by atoms with Crippen LogP contribution in [0, 0.1) is 0 Å². The fourth-order valence-electron chi connectivity index (χ4n) is 1.30. The molecule has 16 heavy (non-hydrogen) atoms. The molecular formula is C12H16O4. The normalized spacial score (nSPS) is 14.2. The van der Waals surface area contributed by atoms with Crippen LogP contribution in [0.3, 0.4) is 0 Å². The van der Waals surface area contributed by atoms with Crippen molar-refractivity contribution in [3.8, 4) is 5.75 Å². The van der Waals surface area contributed by atoms with Crippen LogP contribution in [-0.2, 0) is 4.79 Å². The van der Waals surface area contributed by atoms with E-state index in [1.807, 2.05) is 6.07 Å². The number of rotatable bonds is 5. The smallest absolute Gasteiger partial charge is 0.314 e. The van der Waals surface area contributed by atoms with E-state index >= 15 is 0 Å². The lowest BCUT2D eigenvalue weighted by Gasteiger charge is -2.20. The summed E-state index contributed by atoms with van der Waals surface area (Å²) in [7, 11) is 0. The maximum atomic E-state index is 11.4. The third kappa shape index (κ3) is 4.42. The Morgan fingerprint density at radius 3 is 2.56 bits per heavy atom. The lowest BCUT2D eigenvalue weighted by atomic mass is 9.99. The summed E-state index contributed by atoms with van der Waals surface area (Å²) in [4.78, 5) is 11.4. The van der Waals surface area contributed by atoms with Gasteiger partial charge >= 0.3 is 5.97 Å². The summed E-state index contributed by atoms with van der Waals surface area (Å²) in [5.41, 5.74) is -1.22. The predicted molar refractivity (Wildman–Crippen MR) is 59.0 cm³/mol. The number of carbonyl (C=O) groups is 1. The predicted octanol–water partition coefficient (Wildman–Crippen LogP) is 1.12. The highest BCUT2D eigenvalue weighted by Crippen LogP contribution is 2.16. The molecular weight excluding hydrogens is 208 g/mol. The third-order valence-corrected chi connectivity index (χ3v) is 2.15. The molecule has 1 atom stereocenters. The zero-order valence-electron chi connectivity index (χ0n) is 9.22. The Kier molecular flexibility index (Phi) is 4.46. The van der Waals surface area contributed by atoms with Crippen molar-refractivity contribution in [1.82, 2.24) is 0 Å². The van der Waals surface area contributed by atoms with Crippen LogP contribution < -0.4 is 4.74 Å². The van der Waals surface area contributed by atoms with E-state index in [1.54, 1.807) is 24.3 Å². The molecule has 0 spiro atoms. The summed E-state index contributed by atoms with van der Waals surface area (Å²) in [6, 6.07) is 8.67. The van der Waals surface area contributed by atoms with Gasteiger partial charge in [0.1, 0.15) is 5.75 Å². The van der Waals surface area contributed by atoms with E-state index in [1.165, 1.54) is 6.92 Å². The Morgan fingerprint density at radius 2 is 2.00 bits per heavy atom. The Hall–Kier alpha value is -1.39. The number of benzene rings is 1. The van der Waals surface area contributed by atoms with Gasteiger partial charge in [-0.3, -0.25) is 4.79 Å². The molecule has 0 fully saturated rings. The second-order valence-corrected chi connectivity index (χ2v) is 3.93. The van der Waals surface area contributed by atoms with Crippen molar-refractivity contribution in [2.45, 2.75) is 25.4 Å². The van der Waals surface area contributed by atoms with Gasteiger partial charge < -0.3 is 14.9 Å².